The minimum Gasteiger partial charge on any atom is -0.388 e. The molecule has 0 unspecified atom stereocenters. The lowest BCUT2D eigenvalue weighted by molar-refractivity contribution is -0.0203. The molecule has 0 aliphatic carbocycles. The maximum Gasteiger partial charge on any atom is 0.0957 e. The molecule has 0 heterocycles. The summed E-state index contributed by atoms with van der Waals surface area (Å²) < 4.78 is 0. The predicted molar refractivity (Wildman–Crippen MR) is 90.3 cm³/mol. The number of hydrogen-bond acceptors (Lipinski definition) is 2. The van der Waals surface area contributed by atoms with Crippen LogP contribution < -0.4 is 0 Å². The van der Waals surface area contributed by atoms with Crippen molar-refractivity contribution < 1.29 is 10.2 Å². The molecule has 0 bridgehead atoms. The van der Waals surface area contributed by atoms with Crippen LogP contribution in [-0.2, 0) is 5.60 Å². The summed E-state index contributed by atoms with van der Waals surface area (Å²) in [6.07, 6.45) is 2.16. The molecule has 2 rings (SSSR count). The highest BCUT2D eigenvalue weighted by Crippen LogP contribution is 2.37. The minimum absolute atomic E-state index is 0.0992. The molecule has 0 aromatic heterocycles. The Kier molecular flexibility index (Phi) is 5.53. The van der Waals surface area contributed by atoms with Crippen molar-refractivity contribution >= 4 is 0 Å². The van der Waals surface area contributed by atoms with Crippen molar-refractivity contribution in [3.63, 3.8) is 0 Å². The highest BCUT2D eigenvalue weighted by atomic mass is 16.3. The molecular weight excluding hydrogens is 272 g/mol. The third-order valence-corrected chi connectivity index (χ3v) is 4.36. The van der Waals surface area contributed by atoms with Gasteiger partial charge in [0.05, 0.1) is 11.7 Å². The minimum atomic E-state index is -1.02. The van der Waals surface area contributed by atoms with Crippen LogP contribution in [0.3, 0.4) is 0 Å². The van der Waals surface area contributed by atoms with Crippen LogP contribution in [0.1, 0.15) is 37.0 Å². The molecule has 0 spiro atoms. The summed E-state index contributed by atoms with van der Waals surface area (Å²) in [5.74, 6) is -0.0992. The van der Waals surface area contributed by atoms with E-state index in [9.17, 15) is 10.2 Å². The molecule has 2 heteroatoms. The van der Waals surface area contributed by atoms with Gasteiger partial charge in [0.2, 0.25) is 0 Å². The van der Waals surface area contributed by atoms with E-state index in [1.165, 1.54) is 0 Å². The topological polar surface area (TPSA) is 40.5 Å². The molecule has 2 aromatic rings. The van der Waals surface area contributed by atoms with Crippen molar-refractivity contribution in [1.82, 2.24) is 0 Å². The summed E-state index contributed by atoms with van der Waals surface area (Å²) in [6.45, 7) is 5.77. The number of aliphatic hydroxyl groups is 2. The fourth-order valence-electron chi connectivity index (χ4n) is 2.76. The molecular formula is C20H24O2. The van der Waals surface area contributed by atoms with Crippen LogP contribution >= 0.6 is 0 Å². The highest BCUT2D eigenvalue weighted by Gasteiger charge is 2.34. The van der Waals surface area contributed by atoms with Gasteiger partial charge in [0.25, 0.3) is 0 Å². The molecule has 2 N–H and O–H groups in total. The van der Waals surface area contributed by atoms with E-state index < -0.39 is 11.7 Å². The van der Waals surface area contributed by atoms with E-state index in [4.69, 9.17) is 0 Å². The molecule has 116 valence electrons. The van der Waals surface area contributed by atoms with Gasteiger partial charge in [-0.05, 0) is 24.0 Å². The van der Waals surface area contributed by atoms with Gasteiger partial charge >= 0.3 is 0 Å². The molecule has 2 aromatic carbocycles. The molecule has 0 aliphatic heterocycles. The maximum atomic E-state index is 11.2. The SMILES string of the molecule is C=C[C@H](C)[C@@](O)(CC[C@@H](O)c1ccccc1)c1ccccc1. The lowest BCUT2D eigenvalue weighted by Crippen LogP contribution is -2.33. The first-order valence-electron chi connectivity index (χ1n) is 7.71. The Morgan fingerprint density at radius 3 is 2.14 bits per heavy atom. The summed E-state index contributed by atoms with van der Waals surface area (Å²) >= 11 is 0. The average Bonchev–Trinajstić information content (AvgIpc) is 2.60. The van der Waals surface area contributed by atoms with E-state index in [-0.39, 0.29) is 5.92 Å². The zero-order valence-corrected chi connectivity index (χ0v) is 13.0. The van der Waals surface area contributed by atoms with Gasteiger partial charge in [-0.2, -0.15) is 0 Å². The van der Waals surface area contributed by atoms with Gasteiger partial charge < -0.3 is 10.2 Å². The predicted octanol–water partition coefficient (Wildman–Crippen LogP) is 4.21. The van der Waals surface area contributed by atoms with Gasteiger partial charge in [-0.25, -0.2) is 0 Å². The second kappa shape index (κ2) is 7.39. The second-order valence-corrected chi connectivity index (χ2v) is 5.78. The van der Waals surface area contributed by atoms with Crippen LogP contribution in [0.5, 0.6) is 0 Å². The monoisotopic (exact) mass is 296 g/mol. The summed E-state index contributed by atoms with van der Waals surface area (Å²) in [6, 6.07) is 19.2. The van der Waals surface area contributed by atoms with E-state index in [1.807, 2.05) is 67.6 Å². The number of benzene rings is 2. The Bertz CT molecular complexity index is 579. The molecule has 0 fully saturated rings. The summed E-state index contributed by atoms with van der Waals surface area (Å²) in [7, 11) is 0. The van der Waals surface area contributed by atoms with Crippen molar-refractivity contribution in [3.05, 3.63) is 84.4 Å². The van der Waals surface area contributed by atoms with E-state index in [0.29, 0.717) is 12.8 Å². The van der Waals surface area contributed by atoms with E-state index in [1.54, 1.807) is 6.08 Å². The van der Waals surface area contributed by atoms with Gasteiger partial charge in [0, 0.05) is 5.92 Å². The molecule has 2 nitrogen and oxygen atoms in total. The molecule has 0 saturated carbocycles. The third kappa shape index (κ3) is 3.65. The van der Waals surface area contributed by atoms with Crippen LogP contribution in [0, 0.1) is 5.92 Å². The number of aliphatic hydroxyl groups excluding tert-OH is 1. The Morgan fingerprint density at radius 2 is 1.59 bits per heavy atom. The molecule has 0 aliphatic rings. The molecule has 0 radical (unpaired) electrons. The van der Waals surface area contributed by atoms with Crippen LogP contribution in [0.25, 0.3) is 0 Å². The zero-order chi connectivity index (χ0) is 16.0. The Balaban J connectivity index is 2.16. The van der Waals surface area contributed by atoms with E-state index in [0.717, 1.165) is 11.1 Å². The first kappa shape index (κ1) is 16.5. The summed E-state index contributed by atoms with van der Waals surface area (Å²) in [5, 5.41) is 21.5. The Hall–Kier alpha value is -1.90. The largest absolute Gasteiger partial charge is 0.388 e. The van der Waals surface area contributed by atoms with E-state index in [2.05, 4.69) is 6.58 Å². The number of rotatable bonds is 7. The fourth-order valence-corrected chi connectivity index (χ4v) is 2.76. The van der Waals surface area contributed by atoms with Crippen LogP contribution in [0.15, 0.2) is 73.3 Å². The van der Waals surface area contributed by atoms with Crippen molar-refractivity contribution in [1.29, 1.82) is 0 Å². The first-order valence-corrected chi connectivity index (χ1v) is 7.71. The lowest BCUT2D eigenvalue weighted by atomic mass is 9.78. The average molecular weight is 296 g/mol. The zero-order valence-electron chi connectivity index (χ0n) is 13.0. The van der Waals surface area contributed by atoms with Crippen LogP contribution in [0.4, 0.5) is 0 Å². The first-order chi connectivity index (χ1) is 10.6. The second-order valence-electron chi connectivity index (χ2n) is 5.78. The molecule has 0 amide bonds. The number of hydrogen-bond donors (Lipinski definition) is 2. The molecule has 22 heavy (non-hydrogen) atoms. The van der Waals surface area contributed by atoms with Gasteiger partial charge in [-0.3, -0.25) is 0 Å². The lowest BCUT2D eigenvalue weighted by Gasteiger charge is -2.34. The smallest absolute Gasteiger partial charge is 0.0957 e. The highest BCUT2D eigenvalue weighted by molar-refractivity contribution is 5.25. The van der Waals surface area contributed by atoms with E-state index >= 15 is 0 Å². The molecule has 0 saturated heterocycles. The van der Waals surface area contributed by atoms with Gasteiger partial charge in [-0.15, -0.1) is 6.58 Å². The fraction of sp³-hybridized carbons (Fsp3) is 0.300. The van der Waals surface area contributed by atoms with Crippen LogP contribution in [-0.4, -0.2) is 10.2 Å². The van der Waals surface area contributed by atoms with Gasteiger partial charge in [-0.1, -0.05) is 73.7 Å². The van der Waals surface area contributed by atoms with Gasteiger partial charge in [0.15, 0.2) is 0 Å². The Morgan fingerprint density at radius 1 is 1.05 bits per heavy atom. The Labute approximate surface area is 132 Å². The maximum absolute atomic E-state index is 11.2. The summed E-state index contributed by atoms with van der Waals surface area (Å²) in [5.41, 5.74) is 0.727. The summed E-state index contributed by atoms with van der Waals surface area (Å²) in [4.78, 5) is 0. The van der Waals surface area contributed by atoms with Gasteiger partial charge in [0.1, 0.15) is 0 Å². The molecule has 3 atom stereocenters. The normalized spacial score (nSPS) is 16.5. The standard InChI is InChI=1S/C20H24O2/c1-3-16(2)20(22,18-12-8-5-9-13-18)15-14-19(21)17-10-6-4-7-11-17/h3-13,16,19,21-22H,1,14-15H2,2H3/t16-,19+,20-/m0/s1. The van der Waals surface area contributed by atoms with Crippen molar-refractivity contribution in [2.24, 2.45) is 5.92 Å². The quantitative estimate of drug-likeness (QED) is 0.751. The third-order valence-electron chi connectivity index (χ3n) is 4.36. The van der Waals surface area contributed by atoms with Crippen LogP contribution in [0.2, 0.25) is 0 Å². The van der Waals surface area contributed by atoms with Crippen molar-refractivity contribution in [2.45, 2.75) is 31.5 Å². The van der Waals surface area contributed by atoms with Crippen molar-refractivity contribution in [2.75, 3.05) is 0 Å². The van der Waals surface area contributed by atoms with Crippen molar-refractivity contribution in [3.8, 4) is 0 Å².